The molecule has 10 aromatic rings. The van der Waals surface area contributed by atoms with Crippen molar-refractivity contribution < 1.29 is 9.59 Å². The lowest BCUT2D eigenvalue weighted by atomic mass is 9.60. The molecule has 11 atom stereocenters. The molecule has 6 aliphatic rings. The zero-order valence-electron chi connectivity index (χ0n) is 41.3. The first-order valence-electron chi connectivity index (χ1n) is 27.5. The number of carbonyl (C=O) groups excluding carboxylic acids is 2. The number of rotatable bonds is 5. The van der Waals surface area contributed by atoms with E-state index in [1.807, 2.05) is 11.8 Å². The van der Waals surface area contributed by atoms with Gasteiger partial charge in [0.25, 0.3) is 0 Å². The zero-order chi connectivity index (χ0) is 48.8. The van der Waals surface area contributed by atoms with Crippen LogP contribution in [0.3, 0.4) is 0 Å². The van der Waals surface area contributed by atoms with Gasteiger partial charge in [-0.05, 0) is 133 Å². The molecule has 0 amide bonds. The first kappa shape index (κ1) is 43.3. The standard InChI is InChI=1S/C68H57N3O2S/c72-67-50-32-33-51-64(63(50)49-24-15-29-57(65(49)67)71-58-36-42(40-16-3-1-4-17-40)30-34-61(58)74-62-35-31-43(37-59(62)71)41-18-5-2-6-19-41)52-38-44(69-53-25-11-7-20-45(53)46-21-8-12-26-54(46)69)39-60(66(52)68(51)73)70-55-27-13-9-22-47(55)48-23-10-14-28-56(48)70/h1-14,16-23,25-28,30-31,34-37,44,49-52,57,60,63-66H,15,24,29,32-33,38-39H2. The Morgan fingerprint density at radius 3 is 1.35 bits per heavy atom. The Morgan fingerprint density at radius 2 is 0.838 bits per heavy atom. The molecule has 3 heterocycles. The Bertz CT molecular complexity index is 3720. The van der Waals surface area contributed by atoms with Crippen molar-refractivity contribution in [3.05, 3.63) is 194 Å². The predicted molar refractivity (Wildman–Crippen MR) is 301 cm³/mol. The second-order valence-electron chi connectivity index (χ2n) is 22.7. The monoisotopic (exact) mass is 979 g/mol. The summed E-state index contributed by atoms with van der Waals surface area (Å²) >= 11 is 1.86. The Labute approximate surface area is 436 Å². The molecule has 0 N–H and O–H groups in total. The quantitative estimate of drug-likeness (QED) is 0.172. The molecule has 11 unspecified atom stereocenters. The molecule has 5 aliphatic carbocycles. The molecule has 6 heteroatoms. The summed E-state index contributed by atoms with van der Waals surface area (Å²) in [6.07, 6.45) is 6.55. The molecule has 0 saturated heterocycles. The van der Waals surface area contributed by atoms with Gasteiger partial charge in [-0.3, -0.25) is 9.59 Å². The summed E-state index contributed by atoms with van der Waals surface area (Å²) < 4.78 is 5.29. The van der Waals surface area contributed by atoms with Gasteiger partial charge < -0.3 is 14.0 Å². The van der Waals surface area contributed by atoms with Gasteiger partial charge in [0.1, 0.15) is 11.6 Å². The van der Waals surface area contributed by atoms with Crippen molar-refractivity contribution in [2.24, 2.45) is 47.3 Å². The highest BCUT2D eigenvalue weighted by atomic mass is 32.2. The lowest BCUT2D eigenvalue weighted by molar-refractivity contribution is -0.130. The average molecular weight is 980 g/mol. The van der Waals surface area contributed by atoms with E-state index in [1.54, 1.807) is 0 Å². The first-order valence-corrected chi connectivity index (χ1v) is 28.3. The van der Waals surface area contributed by atoms with Gasteiger partial charge >= 0.3 is 0 Å². The van der Waals surface area contributed by atoms with Gasteiger partial charge in [-0.15, -0.1) is 0 Å². The van der Waals surface area contributed by atoms with Crippen LogP contribution in [0.4, 0.5) is 11.4 Å². The lowest BCUT2D eigenvalue weighted by Crippen LogP contribution is -2.46. The fourth-order valence-corrected chi connectivity index (χ4v) is 18.0. The summed E-state index contributed by atoms with van der Waals surface area (Å²) in [6, 6.07) is 71.4. The van der Waals surface area contributed by atoms with Crippen LogP contribution in [-0.4, -0.2) is 26.7 Å². The van der Waals surface area contributed by atoms with E-state index in [0.29, 0.717) is 11.6 Å². The molecule has 5 saturated carbocycles. The van der Waals surface area contributed by atoms with E-state index in [-0.39, 0.29) is 65.5 Å². The van der Waals surface area contributed by atoms with Crippen molar-refractivity contribution >= 4 is 78.3 Å². The number of anilines is 2. The predicted octanol–water partition coefficient (Wildman–Crippen LogP) is 16.6. The highest BCUT2D eigenvalue weighted by Gasteiger charge is 2.67. The largest absolute Gasteiger partial charge is 0.337 e. The molecule has 0 spiro atoms. The minimum atomic E-state index is -0.119. The van der Waals surface area contributed by atoms with Crippen LogP contribution in [0.25, 0.3) is 65.9 Å². The average Bonchev–Trinajstić information content (AvgIpc) is 4.18. The normalized spacial score (nSPS) is 28.0. The molecule has 5 fully saturated rings. The van der Waals surface area contributed by atoms with E-state index in [9.17, 15) is 0 Å². The summed E-state index contributed by atoms with van der Waals surface area (Å²) in [4.78, 5) is 37.1. The van der Waals surface area contributed by atoms with Crippen molar-refractivity contribution in [3.8, 4) is 22.3 Å². The molecular formula is C68H57N3O2S. The molecule has 5 nitrogen and oxygen atoms in total. The fraction of sp³-hybridized carbons (Fsp3) is 0.265. The minimum Gasteiger partial charge on any atom is -0.337 e. The maximum atomic E-state index is 16.0. The number of fused-ring (bicyclic) bond motifs is 15. The van der Waals surface area contributed by atoms with Gasteiger partial charge in [-0.25, -0.2) is 0 Å². The van der Waals surface area contributed by atoms with E-state index in [0.717, 1.165) is 44.9 Å². The Hall–Kier alpha value is -7.15. The smallest absolute Gasteiger partial charge is 0.141 e. The fourth-order valence-electron chi connectivity index (χ4n) is 16.9. The summed E-state index contributed by atoms with van der Waals surface area (Å²) in [5, 5.41) is 5.09. The van der Waals surface area contributed by atoms with Crippen molar-refractivity contribution in [3.63, 3.8) is 0 Å². The Kier molecular flexibility index (Phi) is 9.75. The van der Waals surface area contributed by atoms with Crippen LogP contribution in [-0.2, 0) is 9.59 Å². The number of aromatic nitrogens is 2. The van der Waals surface area contributed by atoms with Crippen LogP contribution in [0.2, 0.25) is 0 Å². The highest BCUT2D eigenvalue weighted by Crippen LogP contribution is 2.67. The SMILES string of the molecule is O=C1C2CCC3C(=O)C4C(CC(n5c6ccccc6c6ccccc65)CC4n4c5ccccc5c5ccccc54)C3C2C2CCCC(N3c4cc(-c5ccccc5)ccc4Sc4ccc(-c5ccccc5)cc43)C12. The second kappa shape index (κ2) is 16.7. The molecule has 1 aliphatic heterocycles. The number of benzene rings is 8. The van der Waals surface area contributed by atoms with Crippen LogP contribution in [0.15, 0.2) is 204 Å². The van der Waals surface area contributed by atoms with E-state index >= 15 is 9.59 Å². The summed E-state index contributed by atoms with van der Waals surface area (Å²) in [7, 11) is 0. The molecule has 16 rings (SSSR count). The van der Waals surface area contributed by atoms with Crippen LogP contribution in [0.1, 0.15) is 57.0 Å². The minimum absolute atomic E-state index is 0.00991. The molecule has 8 aromatic carbocycles. The van der Waals surface area contributed by atoms with Gasteiger partial charge in [0.15, 0.2) is 0 Å². The van der Waals surface area contributed by atoms with Gasteiger partial charge in [0, 0.05) is 95.2 Å². The van der Waals surface area contributed by atoms with E-state index < -0.39 is 0 Å². The van der Waals surface area contributed by atoms with Gasteiger partial charge in [-0.1, -0.05) is 164 Å². The molecule has 362 valence electrons. The van der Waals surface area contributed by atoms with Crippen molar-refractivity contribution in [2.45, 2.75) is 72.9 Å². The zero-order valence-corrected chi connectivity index (χ0v) is 42.2. The number of hydrogen-bond donors (Lipinski definition) is 0. The van der Waals surface area contributed by atoms with Crippen molar-refractivity contribution in [2.75, 3.05) is 4.90 Å². The highest BCUT2D eigenvalue weighted by molar-refractivity contribution is 7.99. The number of nitrogens with zero attached hydrogens (tertiary/aromatic N) is 3. The Morgan fingerprint density at radius 1 is 0.392 bits per heavy atom. The third-order valence-electron chi connectivity index (χ3n) is 19.5. The van der Waals surface area contributed by atoms with Gasteiger partial charge in [0.2, 0.25) is 0 Å². The van der Waals surface area contributed by atoms with Crippen molar-refractivity contribution in [1.82, 2.24) is 9.13 Å². The van der Waals surface area contributed by atoms with Crippen LogP contribution in [0, 0.1) is 47.3 Å². The third kappa shape index (κ3) is 6.24. The molecule has 2 aromatic heterocycles. The summed E-state index contributed by atoms with van der Waals surface area (Å²) in [5.41, 5.74) is 12.2. The number of hydrogen-bond acceptors (Lipinski definition) is 4. The number of carbonyl (C=O) groups is 2. The lowest BCUT2D eigenvalue weighted by Gasteiger charge is -2.48. The van der Waals surface area contributed by atoms with Crippen LogP contribution in [0.5, 0.6) is 0 Å². The molecule has 74 heavy (non-hydrogen) atoms. The van der Waals surface area contributed by atoms with Gasteiger partial charge in [-0.2, -0.15) is 0 Å². The summed E-state index contributed by atoms with van der Waals surface area (Å²) in [5.74, 6) is 1.41. The number of Topliss-reactive ketones (excluding diaryl/α,β-unsaturated/α-hetero) is 2. The molecule has 0 radical (unpaired) electrons. The third-order valence-corrected chi connectivity index (χ3v) is 20.7. The molecular weight excluding hydrogens is 923 g/mol. The van der Waals surface area contributed by atoms with Crippen molar-refractivity contribution in [1.29, 1.82) is 0 Å². The maximum Gasteiger partial charge on any atom is 0.141 e. The van der Waals surface area contributed by atoms with E-state index in [2.05, 4.69) is 208 Å². The van der Waals surface area contributed by atoms with Gasteiger partial charge in [0.05, 0.1) is 11.4 Å². The summed E-state index contributed by atoms with van der Waals surface area (Å²) in [6.45, 7) is 0. The number of para-hydroxylation sites is 4. The number of ketones is 2. The van der Waals surface area contributed by atoms with E-state index in [4.69, 9.17) is 0 Å². The Balaban J connectivity index is 0.846. The topological polar surface area (TPSA) is 47.2 Å². The molecule has 0 bridgehead atoms. The maximum absolute atomic E-state index is 16.0. The second-order valence-corrected chi connectivity index (χ2v) is 23.8. The first-order chi connectivity index (χ1) is 36.6. The van der Waals surface area contributed by atoms with E-state index in [1.165, 1.54) is 87.0 Å². The van der Waals surface area contributed by atoms with Crippen LogP contribution >= 0.6 is 11.8 Å². The van der Waals surface area contributed by atoms with Crippen LogP contribution < -0.4 is 4.90 Å².